The minimum absolute atomic E-state index is 1.14. The Morgan fingerprint density at radius 1 is 0.871 bits per heavy atom. The molecule has 0 saturated carbocycles. The molecule has 0 aliphatic carbocycles. The summed E-state index contributed by atoms with van der Waals surface area (Å²) < 4.78 is 140. The molecule has 0 spiro atoms. The molecule has 15 heteroatoms. The van der Waals surface area contributed by atoms with Gasteiger partial charge in [0.15, 0.2) is 10.1 Å². The van der Waals surface area contributed by atoms with Gasteiger partial charge in [0.1, 0.15) is 12.4 Å². The zero-order valence-corrected chi connectivity index (χ0v) is 17.4. The Bertz CT molecular complexity index is 778. The highest BCUT2D eigenvalue weighted by Gasteiger charge is 2.83. The number of alkyl halides is 9. The number of unbranched alkanes of at least 4 members (excludes halogenated alkanes) is 3. The second kappa shape index (κ2) is 10.9. The lowest BCUT2D eigenvalue weighted by Crippen LogP contribution is -2.63. The van der Waals surface area contributed by atoms with Crippen molar-refractivity contribution in [3.05, 3.63) is 18.7 Å². The molecule has 184 valence electrons. The molecule has 0 aliphatic heterocycles. The van der Waals surface area contributed by atoms with E-state index in [1.54, 1.807) is 0 Å². The van der Waals surface area contributed by atoms with Gasteiger partial charge in [-0.15, -0.1) is 0 Å². The summed E-state index contributed by atoms with van der Waals surface area (Å²) in [6, 6.07) is 0. The van der Waals surface area contributed by atoms with Gasteiger partial charge in [0.05, 0.1) is 13.1 Å². The van der Waals surface area contributed by atoms with Crippen LogP contribution in [0.3, 0.4) is 0 Å². The predicted molar refractivity (Wildman–Crippen MR) is 89.7 cm³/mol. The Balaban J connectivity index is 0.000000590. The molecule has 0 radical (unpaired) electrons. The van der Waals surface area contributed by atoms with Gasteiger partial charge in [0, 0.05) is 0 Å². The van der Waals surface area contributed by atoms with Crippen LogP contribution < -0.4 is 4.57 Å². The third-order valence-corrected chi connectivity index (χ3v) is 4.81. The highest BCUT2D eigenvalue weighted by molar-refractivity contribution is 7.86. The lowest BCUT2D eigenvalue weighted by Gasteiger charge is -2.34. The first-order valence-electron chi connectivity index (χ1n) is 9.07. The normalized spacial score (nSPS) is 13.7. The lowest BCUT2D eigenvalue weighted by atomic mass is 10.1. The van der Waals surface area contributed by atoms with Gasteiger partial charge in [0.25, 0.3) is 0 Å². The second-order valence-electron chi connectivity index (χ2n) is 6.57. The van der Waals surface area contributed by atoms with Gasteiger partial charge in [-0.25, -0.2) is 17.6 Å². The average molecular weight is 494 g/mol. The van der Waals surface area contributed by atoms with Crippen LogP contribution in [-0.4, -0.2) is 40.8 Å². The standard InChI is InChI=1S/C12H23N2.C4HF9O3S/c1-3-5-6-7-9-14-11-10-13(12-14)8-4-2;5-1(6,3(9,10)11)2(7,8)4(12,13)17(14,15)16/h10-12H,3-9H2,1-2H3;(H,14,15,16)/q+1;/p-1. The highest BCUT2D eigenvalue weighted by Crippen LogP contribution is 2.54. The van der Waals surface area contributed by atoms with Gasteiger partial charge in [0.2, 0.25) is 6.33 Å². The number of rotatable bonds is 10. The van der Waals surface area contributed by atoms with E-state index < -0.39 is 33.4 Å². The summed E-state index contributed by atoms with van der Waals surface area (Å²) in [7, 11) is -7.42. The van der Waals surface area contributed by atoms with Crippen LogP contribution in [0.2, 0.25) is 0 Å². The van der Waals surface area contributed by atoms with Crippen molar-refractivity contribution in [1.82, 2.24) is 4.57 Å². The van der Waals surface area contributed by atoms with Gasteiger partial charge in [-0.05, 0) is 19.3 Å². The van der Waals surface area contributed by atoms with E-state index in [0.29, 0.717) is 0 Å². The van der Waals surface area contributed by atoms with Crippen molar-refractivity contribution in [1.29, 1.82) is 0 Å². The monoisotopic (exact) mass is 494 g/mol. The van der Waals surface area contributed by atoms with Crippen LogP contribution in [-0.2, 0) is 23.2 Å². The third-order valence-electron chi connectivity index (χ3n) is 3.93. The molecule has 5 nitrogen and oxygen atoms in total. The van der Waals surface area contributed by atoms with Crippen LogP contribution in [0, 0.1) is 0 Å². The number of imidazole rings is 1. The maximum atomic E-state index is 12.2. The Kier molecular flexibility index (Phi) is 10.3. The summed E-state index contributed by atoms with van der Waals surface area (Å²) in [6.45, 7) is 6.79. The van der Waals surface area contributed by atoms with Crippen LogP contribution in [0.5, 0.6) is 0 Å². The molecule has 0 saturated heterocycles. The predicted octanol–water partition coefficient (Wildman–Crippen LogP) is 4.72. The molecular weight excluding hydrogens is 471 g/mol. The maximum absolute atomic E-state index is 12.2. The van der Waals surface area contributed by atoms with Crippen molar-refractivity contribution in [2.75, 3.05) is 0 Å². The molecule has 0 aromatic carbocycles. The summed E-state index contributed by atoms with van der Waals surface area (Å²) >= 11 is 0. The van der Waals surface area contributed by atoms with Gasteiger partial charge in [-0.2, -0.15) is 39.5 Å². The van der Waals surface area contributed by atoms with E-state index in [-0.39, 0.29) is 0 Å². The van der Waals surface area contributed by atoms with Gasteiger partial charge < -0.3 is 4.55 Å². The third kappa shape index (κ3) is 7.26. The summed E-state index contributed by atoms with van der Waals surface area (Å²) in [6.07, 6.45) is 5.99. The Labute approximate surface area is 173 Å². The molecule has 0 unspecified atom stereocenters. The number of hydrogen-bond donors (Lipinski definition) is 0. The molecule has 0 amide bonds. The highest BCUT2D eigenvalue weighted by atomic mass is 32.2. The van der Waals surface area contributed by atoms with E-state index in [9.17, 15) is 52.5 Å². The van der Waals surface area contributed by atoms with Gasteiger partial charge in [-0.1, -0.05) is 26.7 Å². The molecule has 0 N–H and O–H groups in total. The fourth-order valence-corrected chi connectivity index (χ4v) is 2.64. The van der Waals surface area contributed by atoms with Crippen molar-refractivity contribution in [3.8, 4) is 0 Å². The van der Waals surface area contributed by atoms with Gasteiger partial charge >= 0.3 is 23.3 Å². The van der Waals surface area contributed by atoms with Crippen molar-refractivity contribution >= 4 is 10.1 Å². The molecule has 1 rings (SSSR count). The number of halogens is 9. The zero-order valence-electron chi connectivity index (χ0n) is 16.6. The number of nitrogens with zero attached hydrogens (tertiary/aromatic N) is 2. The van der Waals surface area contributed by atoms with Crippen LogP contribution in [0.25, 0.3) is 0 Å². The first-order chi connectivity index (χ1) is 13.9. The van der Waals surface area contributed by atoms with E-state index in [1.165, 1.54) is 38.6 Å². The summed E-state index contributed by atoms with van der Waals surface area (Å²) in [5.41, 5.74) is 0. The number of hydrogen-bond acceptors (Lipinski definition) is 3. The smallest absolute Gasteiger partial charge is 0.460 e. The number of aromatic nitrogens is 2. The molecule has 0 atom stereocenters. The van der Waals surface area contributed by atoms with Crippen molar-refractivity contribution < 1.29 is 57.1 Å². The minimum Gasteiger partial charge on any atom is -0.743 e. The topological polar surface area (TPSA) is 66.0 Å². The number of aryl methyl sites for hydroxylation is 2. The minimum atomic E-state index is -7.43. The molecule has 1 aromatic heterocycles. The van der Waals surface area contributed by atoms with Crippen molar-refractivity contribution in [2.24, 2.45) is 0 Å². The average Bonchev–Trinajstić information content (AvgIpc) is 3.05. The van der Waals surface area contributed by atoms with E-state index >= 15 is 0 Å². The quantitative estimate of drug-likeness (QED) is 0.205. The van der Waals surface area contributed by atoms with Crippen molar-refractivity contribution in [3.63, 3.8) is 0 Å². The van der Waals surface area contributed by atoms with Gasteiger partial charge in [-0.3, -0.25) is 0 Å². The Morgan fingerprint density at radius 2 is 1.42 bits per heavy atom. The maximum Gasteiger partial charge on any atom is 0.460 e. The molecule has 1 aromatic rings. The molecular formula is C16H23F9N2O3S. The van der Waals surface area contributed by atoms with E-state index in [4.69, 9.17) is 0 Å². The molecule has 0 bridgehead atoms. The SMILES string of the molecule is CCCCCCn1cc[n+](CCC)c1.O=S(=O)([O-])C(F)(F)C(F)(F)C(F)(F)C(F)(F)F. The van der Waals surface area contributed by atoms with Crippen LogP contribution in [0.1, 0.15) is 46.0 Å². The van der Waals surface area contributed by atoms with Crippen LogP contribution >= 0.6 is 0 Å². The summed E-state index contributed by atoms with van der Waals surface area (Å²) in [5, 5.41) is -7.11. The lowest BCUT2D eigenvalue weighted by molar-refractivity contribution is -0.696. The van der Waals surface area contributed by atoms with E-state index in [0.717, 1.165) is 6.54 Å². The van der Waals surface area contributed by atoms with E-state index in [1.807, 2.05) is 0 Å². The summed E-state index contributed by atoms with van der Waals surface area (Å²) in [5.74, 6) is -14.8. The second-order valence-corrected chi connectivity index (χ2v) is 7.99. The molecule has 0 aliphatic rings. The van der Waals surface area contributed by atoms with E-state index in [2.05, 4.69) is 41.7 Å². The zero-order chi connectivity index (χ0) is 24.7. The molecule has 0 fully saturated rings. The largest absolute Gasteiger partial charge is 0.743 e. The Hall–Kier alpha value is -1.51. The van der Waals surface area contributed by atoms with Crippen LogP contribution in [0.4, 0.5) is 39.5 Å². The fraction of sp³-hybridized carbons (Fsp3) is 0.812. The Morgan fingerprint density at radius 3 is 1.84 bits per heavy atom. The van der Waals surface area contributed by atoms with Crippen molar-refractivity contribution in [2.45, 2.75) is 82.3 Å². The summed E-state index contributed by atoms with van der Waals surface area (Å²) in [4.78, 5) is 0. The molecule has 1 heterocycles. The fourth-order valence-electron chi connectivity index (χ4n) is 2.20. The first kappa shape index (κ1) is 29.5. The van der Waals surface area contributed by atoms with Crippen LogP contribution in [0.15, 0.2) is 18.7 Å². The molecule has 31 heavy (non-hydrogen) atoms. The first-order valence-corrected chi connectivity index (χ1v) is 10.5.